The fourth-order valence-electron chi connectivity index (χ4n) is 1.53. The average Bonchev–Trinajstić information content (AvgIpc) is 2.56. The van der Waals surface area contributed by atoms with Gasteiger partial charge in [0.25, 0.3) is 17.7 Å². The zero-order valence-corrected chi connectivity index (χ0v) is 16.0. The number of rotatable bonds is 9. The lowest BCUT2D eigenvalue weighted by Crippen LogP contribution is -3.00. The maximum Gasteiger partial charge on any atom is 0.513 e. The highest BCUT2D eigenvalue weighted by Gasteiger charge is 2.14. The molecule has 0 radical (unpaired) electrons. The molecule has 0 aliphatic rings. The molecule has 1 rings (SSSR count). The second-order valence-electron chi connectivity index (χ2n) is 4.78. The molecule has 0 bridgehead atoms. The van der Waals surface area contributed by atoms with Crippen molar-refractivity contribution < 1.29 is 57.5 Å². The molecule has 0 fully saturated rings. The molecule has 1 atom stereocenters. The van der Waals surface area contributed by atoms with E-state index >= 15 is 0 Å². The molecule has 10 nitrogen and oxygen atoms in total. The summed E-state index contributed by atoms with van der Waals surface area (Å²) in [6.07, 6.45) is 2.74. The number of hydrogen-bond acceptors (Lipinski definition) is 7. The van der Waals surface area contributed by atoms with Crippen LogP contribution in [0.3, 0.4) is 0 Å². The van der Waals surface area contributed by atoms with Crippen LogP contribution >= 0.6 is 0 Å². The molecule has 0 aliphatic heterocycles. The van der Waals surface area contributed by atoms with Crippen molar-refractivity contribution >= 4 is 12.1 Å². The minimum Gasteiger partial charge on any atom is -1.00 e. The highest BCUT2D eigenvalue weighted by Crippen LogP contribution is 1.99. The Hall–Kier alpha value is -2.18. The maximum absolute atomic E-state index is 11.9. The summed E-state index contributed by atoms with van der Waals surface area (Å²) in [5.74, 6) is -0.432. The fourth-order valence-corrected chi connectivity index (χ4v) is 1.53. The lowest BCUT2D eigenvalue weighted by atomic mass is 10.2. The predicted molar refractivity (Wildman–Crippen MR) is 79.2 cm³/mol. The highest BCUT2D eigenvalue weighted by atomic mass is 127. The Morgan fingerprint density at radius 1 is 1.44 bits per heavy atom. The minimum absolute atomic E-state index is 0. The Kier molecular flexibility index (Phi) is 11.2. The van der Waals surface area contributed by atoms with Crippen LogP contribution in [0.15, 0.2) is 24.5 Å². The number of halogens is 1. The SMILES string of the molecule is CC[C@@H](C)OC(=O)OC[n+]1cccc(C(=O)NCCO[N+](=O)[O-])c1.[I-]. The quantitative estimate of drug-likeness (QED) is 0.109. The van der Waals surface area contributed by atoms with Gasteiger partial charge in [0.05, 0.1) is 0 Å². The van der Waals surface area contributed by atoms with Crippen molar-refractivity contribution in [1.29, 1.82) is 0 Å². The van der Waals surface area contributed by atoms with Gasteiger partial charge >= 0.3 is 6.16 Å². The number of pyridine rings is 1. The Bertz CT molecular complexity index is 585. The molecular weight excluding hydrogens is 449 g/mol. The number of nitrogens with one attached hydrogen (secondary N) is 1. The molecule has 0 saturated carbocycles. The number of carbonyl (C=O) groups excluding carboxylic acids is 2. The van der Waals surface area contributed by atoms with Gasteiger partial charge in [-0.15, -0.1) is 10.1 Å². The van der Waals surface area contributed by atoms with Crippen LogP contribution in [0.5, 0.6) is 0 Å². The van der Waals surface area contributed by atoms with Crippen LogP contribution in [0.2, 0.25) is 0 Å². The van der Waals surface area contributed by atoms with Crippen molar-refractivity contribution in [3.8, 4) is 0 Å². The van der Waals surface area contributed by atoms with Gasteiger partial charge in [-0.25, -0.2) is 4.79 Å². The summed E-state index contributed by atoms with van der Waals surface area (Å²) in [6, 6.07) is 3.16. The van der Waals surface area contributed by atoms with E-state index in [4.69, 9.17) is 9.47 Å². The first kappa shape index (κ1) is 22.8. The first-order chi connectivity index (χ1) is 11.4. The molecule has 0 spiro atoms. The van der Waals surface area contributed by atoms with Crippen LogP contribution < -0.4 is 33.9 Å². The smallest absolute Gasteiger partial charge is 0.513 e. The topological polar surface area (TPSA) is 121 Å². The standard InChI is InChI=1S/C14H19N3O7.HI/c1-3-11(2)24-14(19)22-10-16-7-4-5-12(9-16)13(18)15-6-8-23-17(20)21;/h4-5,7,9,11H,3,6,8,10H2,1-2H3;1H/t11-;/m1./s1. The number of nitrogens with zero attached hydrogens (tertiary/aromatic N) is 2. The molecule has 0 unspecified atom stereocenters. The monoisotopic (exact) mass is 469 g/mol. The first-order valence-electron chi connectivity index (χ1n) is 7.30. The molecule has 1 N–H and O–H groups in total. The fraction of sp³-hybridized carbons (Fsp3) is 0.500. The number of hydrogen-bond donors (Lipinski definition) is 1. The van der Waals surface area contributed by atoms with E-state index in [1.807, 2.05) is 6.92 Å². The second kappa shape index (κ2) is 12.2. The number of amides is 1. The maximum atomic E-state index is 11.9. The lowest BCUT2D eigenvalue weighted by Gasteiger charge is -2.09. The van der Waals surface area contributed by atoms with Crippen molar-refractivity contribution in [2.45, 2.75) is 33.1 Å². The van der Waals surface area contributed by atoms with Gasteiger partial charge in [-0.1, -0.05) is 6.92 Å². The summed E-state index contributed by atoms with van der Waals surface area (Å²) in [5.41, 5.74) is 0.303. The molecule has 11 heteroatoms. The van der Waals surface area contributed by atoms with Crippen LogP contribution in [-0.2, 0) is 21.0 Å². The van der Waals surface area contributed by atoms with E-state index in [0.717, 1.165) is 0 Å². The summed E-state index contributed by atoms with van der Waals surface area (Å²) >= 11 is 0. The number of carbonyl (C=O) groups is 2. The van der Waals surface area contributed by atoms with E-state index in [1.165, 1.54) is 10.8 Å². The van der Waals surface area contributed by atoms with Crippen molar-refractivity contribution in [3.05, 3.63) is 40.2 Å². The Morgan fingerprint density at radius 2 is 2.16 bits per heavy atom. The van der Waals surface area contributed by atoms with Gasteiger partial charge in [0.1, 0.15) is 18.3 Å². The Balaban J connectivity index is 0.00000576. The molecule has 1 amide bonds. The molecule has 1 aromatic rings. The number of ether oxygens (including phenoxy) is 2. The van der Waals surface area contributed by atoms with Crippen LogP contribution in [-0.4, -0.2) is 36.4 Å². The van der Waals surface area contributed by atoms with Gasteiger partial charge in [-0.3, -0.25) is 4.79 Å². The summed E-state index contributed by atoms with van der Waals surface area (Å²) in [6.45, 7) is 3.27. The van der Waals surface area contributed by atoms with Crippen LogP contribution in [0, 0.1) is 10.1 Å². The molecule has 0 aromatic carbocycles. The molecule has 1 heterocycles. The molecule has 0 aliphatic carbocycles. The van der Waals surface area contributed by atoms with Crippen molar-refractivity contribution in [3.63, 3.8) is 0 Å². The third-order valence-corrected chi connectivity index (χ3v) is 2.91. The van der Waals surface area contributed by atoms with Crippen molar-refractivity contribution in [2.24, 2.45) is 0 Å². The van der Waals surface area contributed by atoms with Gasteiger partial charge in [-0.2, -0.15) is 4.57 Å². The highest BCUT2D eigenvalue weighted by molar-refractivity contribution is 5.93. The largest absolute Gasteiger partial charge is 1.00 e. The predicted octanol–water partition coefficient (Wildman–Crippen LogP) is -2.17. The van der Waals surface area contributed by atoms with E-state index in [-0.39, 0.29) is 50.0 Å². The second-order valence-corrected chi connectivity index (χ2v) is 4.78. The first-order valence-corrected chi connectivity index (χ1v) is 7.30. The zero-order valence-electron chi connectivity index (χ0n) is 13.8. The van der Waals surface area contributed by atoms with Crippen LogP contribution in [0.25, 0.3) is 0 Å². The van der Waals surface area contributed by atoms with Gasteiger partial charge in [-0.05, 0) is 19.4 Å². The normalized spacial score (nSPS) is 10.8. The van der Waals surface area contributed by atoms with Gasteiger partial charge in [0.2, 0.25) is 0 Å². The molecule has 1 aromatic heterocycles. The van der Waals surface area contributed by atoms with Crippen molar-refractivity contribution in [2.75, 3.05) is 13.2 Å². The summed E-state index contributed by atoms with van der Waals surface area (Å²) in [5, 5.41) is 11.5. The number of aromatic nitrogens is 1. The summed E-state index contributed by atoms with van der Waals surface area (Å²) in [7, 11) is 0. The van der Waals surface area contributed by atoms with Gasteiger partial charge in [0.15, 0.2) is 12.4 Å². The molecular formula is C14H20IN3O7. The van der Waals surface area contributed by atoms with E-state index in [0.29, 0.717) is 12.0 Å². The van der Waals surface area contributed by atoms with Gasteiger partial charge in [0, 0.05) is 12.6 Å². The van der Waals surface area contributed by atoms with E-state index < -0.39 is 17.1 Å². The Morgan fingerprint density at radius 3 is 2.80 bits per heavy atom. The summed E-state index contributed by atoms with van der Waals surface area (Å²) < 4.78 is 11.4. The third-order valence-electron chi connectivity index (χ3n) is 2.91. The van der Waals surface area contributed by atoms with E-state index in [1.54, 1.807) is 25.3 Å². The average molecular weight is 469 g/mol. The minimum atomic E-state index is -0.932. The molecule has 25 heavy (non-hydrogen) atoms. The van der Waals surface area contributed by atoms with Crippen molar-refractivity contribution in [1.82, 2.24) is 5.32 Å². The van der Waals surface area contributed by atoms with Crippen LogP contribution in [0.1, 0.15) is 30.6 Å². The molecule has 0 saturated heterocycles. The lowest BCUT2D eigenvalue weighted by molar-refractivity contribution is -0.757. The van der Waals surface area contributed by atoms with Crippen LogP contribution in [0.4, 0.5) is 4.79 Å². The molecule has 140 valence electrons. The summed E-state index contributed by atoms with van der Waals surface area (Å²) in [4.78, 5) is 37.4. The third kappa shape index (κ3) is 9.64. The van der Waals surface area contributed by atoms with Gasteiger partial charge < -0.3 is 43.6 Å². The van der Waals surface area contributed by atoms with E-state index in [9.17, 15) is 19.7 Å². The Labute approximate surface area is 161 Å². The zero-order chi connectivity index (χ0) is 17.9. The van der Waals surface area contributed by atoms with E-state index in [2.05, 4.69) is 10.2 Å².